The zero-order valence-electron chi connectivity index (χ0n) is 10.6. The summed E-state index contributed by atoms with van der Waals surface area (Å²) in [7, 11) is -2.60. The van der Waals surface area contributed by atoms with E-state index in [1.165, 1.54) is 13.8 Å². The molecule has 19 heavy (non-hydrogen) atoms. The molecule has 0 saturated heterocycles. The Morgan fingerprint density at radius 2 is 2.11 bits per heavy atom. The fourth-order valence-corrected chi connectivity index (χ4v) is 1.57. The lowest BCUT2D eigenvalue weighted by Gasteiger charge is -2.27. The molecule has 2 atom stereocenters. The molecule has 0 spiro atoms. The number of carbonyl (C=O) groups is 2. The molecule has 0 radical (unpaired) electrons. The lowest BCUT2D eigenvalue weighted by molar-refractivity contribution is -0.181. The van der Waals surface area contributed by atoms with Crippen molar-refractivity contribution in [2.45, 2.75) is 26.4 Å². The highest BCUT2D eigenvalue weighted by Crippen LogP contribution is 2.26. The monoisotopic (exact) mass is 296 g/mol. The number of carboxylic acids is 1. The number of amides is 1. The highest BCUT2D eigenvalue weighted by molar-refractivity contribution is 7.33. The largest absolute Gasteiger partial charge is 0.582 e. The second-order valence-corrected chi connectivity index (χ2v) is 5.34. The number of aliphatic carboxylic acids is 1. The van der Waals surface area contributed by atoms with Crippen LogP contribution in [0.2, 0.25) is 0 Å². The highest BCUT2D eigenvalue weighted by Gasteiger charge is 2.35. The number of nitrogens with zero attached hydrogens (tertiary/aromatic N) is 1. The number of hydrogen-bond donors (Lipinski definition) is 4. The number of carbonyl (C=O) groups excluding carboxylic acids is 1. The van der Waals surface area contributed by atoms with Crippen LogP contribution in [-0.2, 0) is 14.1 Å². The molecular weight excluding hydrogens is 279 g/mol. The minimum absolute atomic E-state index is 0.109. The third-order valence-electron chi connectivity index (χ3n) is 2.25. The van der Waals surface area contributed by atoms with Crippen molar-refractivity contribution >= 4 is 20.0 Å². The van der Waals surface area contributed by atoms with E-state index in [4.69, 9.17) is 10.3 Å². The van der Waals surface area contributed by atoms with Crippen LogP contribution in [-0.4, -0.2) is 46.6 Å². The second kappa shape index (κ2) is 8.13. The van der Waals surface area contributed by atoms with E-state index in [1.807, 2.05) is 0 Å². The Bertz CT molecular complexity index is 358. The quantitative estimate of drug-likeness (QED) is 0.339. The number of nitrogens with one attached hydrogen (secondary N) is 1. The van der Waals surface area contributed by atoms with Gasteiger partial charge in [0.25, 0.3) is 0 Å². The summed E-state index contributed by atoms with van der Waals surface area (Å²) in [5.74, 6) is -1.83. The van der Waals surface area contributed by atoms with E-state index in [2.05, 4.69) is 14.7 Å². The van der Waals surface area contributed by atoms with Crippen LogP contribution < -0.4 is 10.2 Å². The summed E-state index contributed by atoms with van der Waals surface area (Å²) in [6.45, 7) is 2.58. The average molecular weight is 296 g/mol. The van der Waals surface area contributed by atoms with E-state index in [9.17, 15) is 19.6 Å². The lowest BCUT2D eigenvalue weighted by atomic mass is 9.87. The Hall–Kier alpha value is -1.12. The Morgan fingerprint density at radius 1 is 1.53 bits per heavy atom. The van der Waals surface area contributed by atoms with Crippen LogP contribution in [0.15, 0.2) is 4.91 Å². The van der Waals surface area contributed by atoms with Gasteiger partial charge in [-0.1, -0.05) is 13.8 Å². The average Bonchev–Trinajstić information content (AvgIpc) is 2.34. The van der Waals surface area contributed by atoms with Crippen molar-refractivity contribution in [3.8, 4) is 0 Å². The second-order valence-electron chi connectivity index (χ2n) is 4.43. The molecule has 110 valence electrons. The van der Waals surface area contributed by atoms with Gasteiger partial charge in [0.15, 0.2) is 0 Å². The molecule has 0 aliphatic carbocycles. The Kier molecular flexibility index (Phi) is 7.65. The van der Waals surface area contributed by atoms with Crippen LogP contribution in [0.25, 0.3) is 0 Å². The van der Waals surface area contributed by atoms with Crippen molar-refractivity contribution in [2.24, 2.45) is 10.3 Å². The van der Waals surface area contributed by atoms with E-state index in [0.717, 1.165) is 0 Å². The van der Waals surface area contributed by atoms with Gasteiger partial charge in [-0.2, -0.15) is 4.52 Å². The SMILES string of the molecule is CC(C)(CO[P+]([O-])=NO)C(O)C(=O)NCCC(=O)O. The molecule has 0 aromatic carbocycles. The minimum Gasteiger partial charge on any atom is -0.582 e. The van der Waals surface area contributed by atoms with E-state index in [-0.39, 0.29) is 19.6 Å². The highest BCUT2D eigenvalue weighted by atomic mass is 31.1. The molecule has 10 heteroatoms. The maximum atomic E-state index is 11.5. The van der Waals surface area contributed by atoms with Crippen LogP contribution in [0.5, 0.6) is 0 Å². The Morgan fingerprint density at radius 3 is 2.58 bits per heavy atom. The van der Waals surface area contributed by atoms with Gasteiger partial charge in [0, 0.05) is 12.0 Å². The smallest absolute Gasteiger partial charge is 0.375 e. The first-order valence-electron chi connectivity index (χ1n) is 5.33. The normalized spacial score (nSPS) is 14.1. The van der Waals surface area contributed by atoms with Crippen LogP contribution in [0.4, 0.5) is 0 Å². The summed E-state index contributed by atoms with van der Waals surface area (Å²) in [4.78, 5) is 35.0. The molecule has 0 aromatic rings. The fourth-order valence-electron chi connectivity index (χ4n) is 1.07. The predicted molar refractivity (Wildman–Crippen MR) is 62.1 cm³/mol. The first-order valence-corrected chi connectivity index (χ1v) is 6.46. The van der Waals surface area contributed by atoms with Crippen LogP contribution in [0.1, 0.15) is 20.3 Å². The van der Waals surface area contributed by atoms with Gasteiger partial charge in [0.05, 0.1) is 11.3 Å². The van der Waals surface area contributed by atoms with Gasteiger partial charge in [-0.05, 0) is 0 Å². The summed E-state index contributed by atoms with van der Waals surface area (Å²) < 4.78 is 4.63. The molecule has 0 bridgehead atoms. The summed E-state index contributed by atoms with van der Waals surface area (Å²) in [5, 5.41) is 28.6. The number of aliphatic hydroxyl groups is 1. The number of hydrogen-bond acceptors (Lipinski definition) is 6. The van der Waals surface area contributed by atoms with Gasteiger partial charge in [-0.25, -0.2) is 5.21 Å². The zero-order valence-corrected chi connectivity index (χ0v) is 11.5. The van der Waals surface area contributed by atoms with E-state index < -0.39 is 31.6 Å². The van der Waals surface area contributed by atoms with Gasteiger partial charge >= 0.3 is 14.1 Å². The zero-order chi connectivity index (χ0) is 15.1. The van der Waals surface area contributed by atoms with Gasteiger partial charge in [-0.3, -0.25) is 9.59 Å². The van der Waals surface area contributed by atoms with Crippen molar-refractivity contribution in [1.82, 2.24) is 5.32 Å². The number of aliphatic hydroxyl groups excluding tert-OH is 1. The standard InChI is InChI=1S/C9H17N2O7P/c1-9(2,5-18-19(17)11-16)7(14)8(15)10-4-3-6(12)13/h7,14,16H,3-5H2,1-2H3,(H,10,15)(H,12,13). The molecule has 0 aliphatic rings. The molecule has 2 unspecified atom stereocenters. The first-order chi connectivity index (χ1) is 8.70. The molecule has 0 fully saturated rings. The summed E-state index contributed by atoms with van der Waals surface area (Å²) in [6.07, 6.45) is -1.74. The molecule has 1 amide bonds. The topological polar surface area (TPSA) is 152 Å². The maximum Gasteiger partial charge on any atom is 0.375 e. The summed E-state index contributed by atoms with van der Waals surface area (Å²) in [5.41, 5.74) is -1.08. The maximum absolute atomic E-state index is 11.5. The Balaban J connectivity index is 4.31. The van der Waals surface area contributed by atoms with E-state index in [0.29, 0.717) is 0 Å². The number of carboxylic acid groups (broad SMARTS) is 1. The van der Waals surface area contributed by atoms with Crippen LogP contribution >= 0.6 is 8.17 Å². The van der Waals surface area contributed by atoms with Crippen LogP contribution in [0, 0.1) is 5.41 Å². The summed E-state index contributed by atoms with van der Waals surface area (Å²) >= 11 is 0. The third-order valence-corrected chi connectivity index (χ3v) is 2.74. The van der Waals surface area contributed by atoms with Gasteiger partial charge in [-0.15, -0.1) is 0 Å². The van der Waals surface area contributed by atoms with E-state index >= 15 is 0 Å². The predicted octanol–water partition coefficient (Wildman–Crippen LogP) is -0.774. The van der Waals surface area contributed by atoms with Crippen LogP contribution in [0.3, 0.4) is 0 Å². The van der Waals surface area contributed by atoms with Crippen molar-refractivity contribution in [3.05, 3.63) is 0 Å². The Labute approximate surface area is 110 Å². The third kappa shape index (κ3) is 7.14. The molecule has 0 aromatic heterocycles. The molecule has 0 aliphatic heterocycles. The van der Waals surface area contributed by atoms with E-state index in [1.54, 1.807) is 0 Å². The fraction of sp³-hybridized carbons (Fsp3) is 0.778. The van der Waals surface area contributed by atoms with Gasteiger partial charge < -0.3 is 20.4 Å². The van der Waals surface area contributed by atoms with Crippen molar-refractivity contribution in [1.29, 1.82) is 0 Å². The van der Waals surface area contributed by atoms with Crippen molar-refractivity contribution in [2.75, 3.05) is 13.2 Å². The molecule has 4 N–H and O–H groups in total. The van der Waals surface area contributed by atoms with Crippen molar-refractivity contribution < 1.29 is 34.4 Å². The molecule has 0 rings (SSSR count). The molecule has 0 heterocycles. The first kappa shape index (κ1) is 17.9. The summed E-state index contributed by atoms with van der Waals surface area (Å²) in [6, 6.07) is 0. The molecule has 0 saturated carbocycles. The number of rotatable bonds is 8. The molecule has 9 nitrogen and oxygen atoms in total. The molecular formula is C9H17N2O7P. The van der Waals surface area contributed by atoms with Gasteiger partial charge in [0.1, 0.15) is 12.7 Å². The van der Waals surface area contributed by atoms with Crippen molar-refractivity contribution in [3.63, 3.8) is 0 Å². The van der Waals surface area contributed by atoms with Gasteiger partial charge in [0.2, 0.25) is 5.91 Å². The minimum atomic E-state index is -2.60. The lowest BCUT2D eigenvalue weighted by Crippen LogP contribution is -2.46.